The molecule has 6 nitrogen and oxygen atoms in total. The molecule has 6 heteroatoms. The van der Waals surface area contributed by atoms with Crippen LogP contribution < -0.4 is 5.32 Å². The van der Waals surface area contributed by atoms with E-state index in [0.29, 0.717) is 18.5 Å². The fourth-order valence-corrected chi connectivity index (χ4v) is 2.83. The molecule has 0 aliphatic heterocycles. The van der Waals surface area contributed by atoms with Crippen LogP contribution in [0.15, 0.2) is 30.5 Å². The molecule has 0 spiro atoms. The van der Waals surface area contributed by atoms with Crippen molar-refractivity contribution in [1.82, 2.24) is 14.9 Å². The topological polar surface area (TPSA) is 84.2 Å². The molecular formula is C19H25N3O3. The Morgan fingerprint density at radius 2 is 2.08 bits per heavy atom. The lowest BCUT2D eigenvalue weighted by Crippen LogP contribution is -2.40. The van der Waals surface area contributed by atoms with Crippen LogP contribution in [-0.2, 0) is 11.3 Å². The number of hydrogen-bond acceptors (Lipinski definition) is 3. The molecule has 2 N–H and O–H groups in total. The fraction of sp³-hybridized carbons (Fsp3) is 0.421. The fourth-order valence-electron chi connectivity index (χ4n) is 2.83. The molecule has 0 aromatic carbocycles. The summed E-state index contributed by atoms with van der Waals surface area (Å²) in [6.07, 6.45) is 3.82. The van der Waals surface area contributed by atoms with Gasteiger partial charge in [-0.15, -0.1) is 0 Å². The first-order chi connectivity index (χ1) is 11.9. The van der Waals surface area contributed by atoms with Crippen molar-refractivity contribution >= 4 is 11.9 Å². The van der Waals surface area contributed by atoms with Gasteiger partial charge in [-0.3, -0.25) is 9.78 Å². The van der Waals surface area contributed by atoms with E-state index in [2.05, 4.69) is 10.3 Å². The molecule has 0 fully saturated rings. The number of hydrogen-bond donors (Lipinski definition) is 2. The van der Waals surface area contributed by atoms with Gasteiger partial charge in [-0.25, -0.2) is 4.79 Å². The van der Waals surface area contributed by atoms with E-state index in [9.17, 15) is 14.7 Å². The summed E-state index contributed by atoms with van der Waals surface area (Å²) in [6.45, 7) is 6.36. The second kappa shape index (κ2) is 8.46. The molecule has 134 valence electrons. The van der Waals surface area contributed by atoms with Gasteiger partial charge in [0.25, 0.3) is 5.91 Å². The van der Waals surface area contributed by atoms with Crippen LogP contribution >= 0.6 is 0 Å². The molecular weight excluding hydrogens is 318 g/mol. The second-order valence-corrected chi connectivity index (χ2v) is 6.20. The second-order valence-electron chi connectivity index (χ2n) is 6.20. The third-order valence-corrected chi connectivity index (χ3v) is 4.31. The number of carboxylic acid groups (broad SMARTS) is 1. The van der Waals surface area contributed by atoms with Crippen molar-refractivity contribution in [3.8, 4) is 0 Å². The zero-order valence-corrected chi connectivity index (χ0v) is 15.0. The van der Waals surface area contributed by atoms with Crippen LogP contribution in [0.5, 0.6) is 0 Å². The molecule has 2 rings (SSSR count). The van der Waals surface area contributed by atoms with Gasteiger partial charge in [0.1, 0.15) is 6.04 Å². The number of aromatic nitrogens is 2. The Hall–Kier alpha value is -2.63. The lowest BCUT2D eigenvalue weighted by atomic mass is 10.1. The zero-order chi connectivity index (χ0) is 18.4. The van der Waals surface area contributed by atoms with E-state index in [1.165, 1.54) is 0 Å². The highest BCUT2D eigenvalue weighted by Crippen LogP contribution is 2.17. The Bertz CT molecular complexity index is 738. The zero-order valence-electron chi connectivity index (χ0n) is 15.0. The first-order valence-corrected chi connectivity index (χ1v) is 8.54. The summed E-state index contributed by atoms with van der Waals surface area (Å²) in [5, 5.41) is 11.9. The number of nitrogens with zero attached hydrogens (tertiary/aromatic N) is 2. The maximum absolute atomic E-state index is 12.6. The van der Waals surface area contributed by atoms with Crippen LogP contribution in [-0.4, -0.2) is 32.6 Å². The van der Waals surface area contributed by atoms with Crippen molar-refractivity contribution < 1.29 is 14.7 Å². The quantitative estimate of drug-likeness (QED) is 0.772. The predicted molar refractivity (Wildman–Crippen MR) is 95.7 cm³/mol. The van der Waals surface area contributed by atoms with Crippen LogP contribution in [0, 0.1) is 13.8 Å². The standard InChI is InChI=1S/C19H25N3O3/c1-4-5-9-17(19(24)25)21-18(23)16-11-13(2)22(14(16)3)12-15-8-6-7-10-20-15/h6-8,10-11,17H,4-5,9,12H2,1-3H3,(H,21,23)(H,24,25). The van der Waals surface area contributed by atoms with E-state index in [-0.39, 0.29) is 5.91 Å². The van der Waals surface area contributed by atoms with Gasteiger partial charge in [0.2, 0.25) is 0 Å². The van der Waals surface area contributed by atoms with Crippen LogP contribution in [0.2, 0.25) is 0 Å². The number of amides is 1. The highest BCUT2D eigenvalue weighted by Gasteiger charge is 2.23. The summed E-state index contributed by atoms with van der Waals surface area (Å²) in [7, 11) is 0. The maximum Gasteiger partial charge on any atom is 0.326 e. The molecule has 2 aromatic rings. The number of rotatable bonds is 8. The van der Waals surface area contributed by atoms with Gasteiger partial charge in [0.15, 0.2) is 0 Å². The Kier molecular flexibility index (Phi) is 6.33. The van der Waals surface area contributed by atoms with Gasteiger partial charge in [-0.05, 0) is 38.5 Å². The lowest BCUT2D eigenvalue weighted by Gasteiger charge is -2.14. The van der Waals surface area contributed by atoms with Crippen LogP contribution in [0.4, 0.5) is 0 Å². The molecule has 2 heterocycles. The highest BCUT2D eigenvalue weighted by molar-refractivity contribution is 5.97. The Balaban J connectivity index is 2.17. The van der Waals surface area contributed by atoms with Gasteiger partial charge in [-0.2, -0.15) is 0 Å². The van der Waals surface area contributed by atoms with Gasteiger partial charge in [0.05, 0.1) is 17.8 Å². The Morgan fingerprint density at radius 1 is 1.32 bits per heavy atom. The van der Waals surface area contributed by atoms with Crippen molar-refractivity contribution in [2.75, 3.05) is 0 Å². The SMILES string of the molecule is CCCCC(NC(=O)c1cc(C)n(Cc2ccccn2)c1C)C(=O)O. The monoisotopic (exact) mass is 343 g/mol. The summed E-state index contributed by atoms with van der Waals surface area (Å²) < 4.78 is 2.01. The van der Waals surface area contributed by atoms with Gasteiger partial charge in [0, 0.05) is 17.6 Å². The maximum atomic E-state index is 12.6. The third kappa shape index (κ3) is 4.68. The van der Waals surface area contributed by atoms with Crippen molar-refractivity contribution in [2.45, 2.75) is 52.6 Å². The summed E-state index contributed by atoms with van der Waals surface area (Å²) in [5.74, 6) is -1.34. The molecule has 1 atom stereocenters. The van der Waals surface area contributed by atoms with Crippen LogP contribution in [0.1, 0.15) is 53.6 Å². The van der Waals surface area contributed by atoms with Crippen molar-refractivity contribution in [3.05, 3.63) is 53.1 Å². The summed E-state index contributed by atoms with van der Waals surface area (Å²) >= 11 is 0. The lowest BCUT2D eigenvalue weighted by molar-refractivity contribution is -0.139. The van der Waals surface area contributed by atoms with E-state index in [0.717, 1.165) is 29.9 Å². The number of unbranched alkanes of at least 4 members (excludes halogenated alkanes) is 1. The number of pyridine rings is 1. The van der Waals surface area contributed by atoms with Gasteiger partial charge < -0.3 is 15.0 Å². The molecule has 0 saturated carbocycles. The summed E-state index contributed by atoms with van der Waals surface area (Å²) in [5.41, 5.74) is 3.16. The molecule has 0 radical (unpaired) electrons. The number of carboxylic acids is 1. The number of nitrogens with one attached hydrogen (secondary N) is 1. The summed E-state index contributed by atoms with van der Waals surface area (Å²) in [6, 6.07) is 6.66. The van der Waals surface area contributed by atoms with E-state index in [1.54, 1.807) is 12.3 Å². The first-order valence-electron chi connectivity index (χ1n) is 8.54. The molecule has 0 saturated heterocycles. The minimum atomic E-state index is -0.996. The molecule has 1 amide bonds. The largest absolute Gasteiger partial charge is 0.480 e. The van der Waals surface area contributed by atoms with Crippen LogP contribution in [0.25, 0.3) is 0 Å². The Morgan fingerprint density at radius 3 is 2.68 bits per heavy atom. The van der Waals surface area contributed by atoms with E-state index in [1.807, 2.05) is 43.5 Å². The molecule has 0 aliphatic carbocycles. The predicted octanol–water partition coefficient (Wildman–Crippen LogP) is 2.92. The summed E-state index contributed by atoms with van der Waals surface area (Å²) in [4.78, 5) is 28.2. The van der Waals surface area contributed by atoms with Crippen LogP contribution in [0.3, 0.4) is 0 Å². The molecule has 25 heavy (non-hydrogen) atoms. The first kappa shape index (κ1) is 18.7. The number of aliphatic carboxylic acids is 1. The van der Waals surface area contributed by atoms with E-state index >= 15 is 0 Å². The normalized spacial score (nSPS) is 12.0. The van der Waals surface area contributed by atoms with E-state index < -0.39 is 12.0 Å². The number of carbonyl (C=O) groups excluding carboxylic acids is 1. The van der Waals surface area contributed by atoms with Crippen molar-refractivity contribution in [3.63, 3.8) is 0 Å². The molecule has 2 aromatic heterocycles. The van der Waals surface area contributed by atoms with Crippen molar-refractivity contribution in [1.29, 1.82) is 0 Å². The Labute approximate surface area is 147 Å². The average molecular weight is 343 g/mol. The molecule has 0 bridgehead atoms. The molecule has 0 aliphatic rings. The van der Waals surface area contributed by atoms with E-state index in [4.69, 9.17) is 0 Å². The molecule has 1 unspecified atom stereocenters. The minimum absolute atomic E-state index is 0.344. The number of carbonyl (C=O) groups is 2. The highest BCUT2D eigenvalue weighted by atomic mass is 16.4. The van der Waals surface area contributed by atoms with Gasteiger partial charge in [-0.1, -0.05) is 25.8 Å². The number of aryl methyl sites for hydroxylation is 1. The smallest absolute Gasteiger partial charge is 0.326 e. The van der Waals surface area contributed by atoms with Gasteiger partial charge >= 0.3 is 5.97 Å². The average Bonchev–Trinajstić information content (AvgIpc) is 2.87. The minimum Gasteiger partial charge on any atom is -0.480 e. The van der Waals surface area contributed by atoms with Crippen molar-refractivity contribution in [2.24, 2.45) is 0 Å². The third-order valence-electron chi connectivity index (χ3n) is 4.31.